The van der Waals surface area contributed by atoms with E-state index in [0.717, 1.165) is 5.01 Å². The van der Waals surface area contributed by atoms with Crippen LogP contribution in [0, 0.1) is 6.92 Å². The third kappa shape index (κ3) is 4.99. The maximum absolute atomic E-state index is 6.02. The van der Waals surface area contributed by atoms with Gasteiger partial charge in [-0.1, -0.05) is 39.5 Å². The zero-order valence-electron chi connectivity index (χ0n) is 13.5. The van der Waals surface area contributed by atoms with Crippen molar-refractivity contribution in [3.63, 3.8) is 0 Å². The third-order valence-corrected chi connectivity index (χ3v) is 4.99. The summed E-state index contributed by atoms with van der Waals surface area (Å²) in [7, 11) is 0. The van der Waals surface area contributed by atoms with E-state index in [1.807, 2.05) is 0 Å². The summed E-state index contributed by atoms with van der Waals surface area (Å²) in [5, 5.41) is 4.44. The molecule has 0 aliphatic heterocycles. The van der Waals surface area contributed by atoms with Gasteiger partial charge in [-0.15, -0.1) is 11.3 Å². The van der Waals surface area contributed by atoms with Crippen LogP contribution in [0.4, 0.5) is 0 Å². The number of nitrogens with two attached hydrogens (primary N) is 1. The summed E-state index contributed by atoms with van der Waals surface area (Å²) >= 11 is 1.73. The molecule has 1 saturated carbocycles. The predicted octanol–water partition coefficient (Wildman–Crippen LogP) is 3.70. The summed E-state index contributed by atoms with van der Waals surface area (Å²) in [6, 6.07) is 0.500. The molecule has 0 aromatic carbocycles. The number of aliphatic imine (C=N–C) groups is 1. The van der Waals surface area contributed by atoms with E-state index in [4.69, 9.17) is 5.73 Å². The van der Waals surface area contributed by atoms with Crippen LogP contribution in [0.2, 0.25) is 0 Å². The number of hydrogen-bond acceptors (Lipinski definition) is 3. The molecule has 21 heavy (non-hydrogen) atoms. The van der Waals surface area contributed by atoms with E-state index in [1.54, 1.807) is 11.3 Å². The molecular weight excluding hydrogens is 280 g/mol. The second kappa shape index (κ2) is 7.78. The highest BCUT2D eigenvalue weighted by Gasteiger charge is 2.13. The molecule has 0 radical (unpaired) electrons. The molecule has 2 rings (SSSR count). The largest absolute Gasteiger partial charge is 0.370 e. The van der Waals surface area contributed by atoms with Gasteiger partial charge in [-0.2, -0.15) is 0 Å². The van der Waals surface area contributed by atoms with Gasteiger partial charge in [0, 0.05) is 10.9 Å². The van der Waals surface area contributed by atoms with Crippen LogP contribution < -0.4 is 11.1 Å². The molecule has 1 aliphatic rings. The lowest BCUT2D eigenvalue weighted by Crippen LogP contribution is -2.39. The number of aromatic nitrogens is 1. The minimum absolute atomic E-state index is 0.473. The van der Waals surface area contributed by atoms with E-state index >= 15 is 0 Å². The molecule has 0 saturated heterocycles. The van der Waals surface area contributed by atoms with Gasteiger partial charge in [-0.25, -0.2) is 9.98 Å². The van der Waals surface area contributed by atoms with Crippen LogP contribution in [0.15, 0.2) is 4.99 Å². The lowest BCUT2D eigenvalue weighted by molar-refractivity contribution is 0.530. The molecule has 0 amide bonds. The lowest BCUT2D eigenvalue weighted by Gasteiger charge is -2.16. The zero-order chi connectivity index (χ0) is 15.2. The minimum atomic E-state index is 0.473. The van der Waals surface area contributed by atoms with Gasteiger partial charge in [-0.3, -0.25) is 0 Å². The van der Waals surface area contributed by atoms with Crippen molar-refractivity contribution in [3.8, 4) is 0 Å². The quantitative estimate of drug-likeness (QED) is 0.506. The fourth-order valence-electron chi connectivity index (χ4n) is 2.90. The molecule has 0 bridgehead atoms. The second-order valence-electron chi connectivity index (χ2n) is 6.24. The van der Waals surface area contributed by atoms with Crippen molar-refractivity contribution < 1.29 is 0 Å². The molecule has 1 aromatic heterocycles. The number of aryl methyl sites for hydroxylation is 1. The molecule has 0 atom stereocenters. The van der Waals surface area contributed by atoms with Gasteiger partial charge in [0.15, 0.2) is 5.96 Å². The third-order valence-electron chi connectivity index (χ3n) is 4.02. The van der Waals surface area contributed by atoms with Gasteiger partial charge in [0.2, 0.25) is 0 Å². The van der Waals surface area contributed by atoms with Gasteiger partial charge < -0.3 is 11.1 Å². The van der Waals surface area contributed by atoms with Gasteiger partial charge in [0.1, 0.15) is 5.01 Å². The Morgan fingerprint density at radius 1 is 1.33 bits per heavy atom. The van der Waals surface area contributed by atoms with Crippen LogP contribution in [-0.2, 0) is 6.54 Å². The molecule has 5 heteroatoms. The Kier molecular flexibility index (Phi) is 6.03. The number of thiazole rings is 1. The van der Waals surface area contributed by atoms with Gasteiger partial charge in [0.25, 0.3) is 0 Å². The maximum atomic E-state index is 6.02. The van der Waals surface area contributed by atoms with Crippen LogP contribution in [0.5, 0.6) is 0 Å². The number of guanidine groups is 1. The van der Waals surface area contributed by atoms with Crippen LogP contribution in [-0.4, -0.2) is 17.0 Å². The minimum Gasteiger partial charge on any atom is -0.370 e. The number of nitrogens with zero attached hydrogens (tertiary/aromatic N) is 2. The highest BCUT2D eigenvalue weighted by atomic mass is 32.1. The Morgan fingerprint density at radius 2 is 2.00 bits per heavy atom. The topological polar surface area (TPSA) is 63.3 Å². The van der Waals surface area contributed by atoms with Crippen molar-refractivity contribution in [2.75, 3.05) is 0 Å². The maximum Gasteiger partial charge on any atom is 0.189 e. The Bertz CT molecular complexity index is 471. The van der Waals surface area contributed by atoms with Crippen molar-refractivity contribution in [2.24, 2.45) is 10.7 Å². The molecule has 1 aromatic rings. The van der Waals surface area contributed by atoms with Crippen LogP contribution in [0.1, 0.15) is 73.9 Å². The second-order valence-corrected chi connectivity index (χ2v) is 7.53. The summed E-state index contributed by atoms with van der Waals surface area (Å²) in [5.41, 5.74) is 7.22. The molecule has 1 aliphatic carbocycles. The van der Waals surface area contributed by atoms with Crippen LogP contribution >= 0.6 is 11.3 Å². The van der Waals surface area contributed by atoms with E-state index in [9.17, 15) is 0 Å². The molecule has 3 N–H and O–H groups in total. The van der Waals surface area contributed by atoms with Gasteiger partial charge in [-0.05, 0) is 25.7 Å². The summed E-state index contributed by atoms with van der Waals surface area (Å²) in [5.74, 6) is 1.04. The Hall–Kier alpha value is -1.10. The fourth-order valence-corrected chi connectivity index (χ4v) is 3.91. The van der Waals surface area contributed by atoms with E-state index in [2.05, 4.69) is 36.1 Å². The van der Waals surface area contributed by atoms with E-state index < -0.39 is 0 Å². The number of hydrogen-bond donors (Lipinski definition) is 2. The monoisotopic (exact) mass is 308 g/mol. The number of nitrogens with one attached hydrogen (secondary N) is 1. The standard InChI is InChI=1S/C16H28N4S/c1-11(2)15-12(3)21-14(20-15)10-18-16(17)19-13-8-6-4-5-7-9-13/h11,13H,4-10H2,1-3H3,(H3,17,18,19). The van der Waals surface area contributed by atoms with Gasteiger partial charge in [0.05, 0.1) is 12.2 Å². The summed E-state index contributed by atoms with van der Waals surface area (Å²) < 4.78 is 0. The van der Waals surface area contributed by atoms with E-state index in [1.165, 1.54) is 49.1 Å². The zero-order valence-corrected chi connectivity index (χ0v) is 14.3. The molecule has 0 unspecified atom stereocenters. The predicted molar refractivity (Wildman–Crippen MR) is 90.9 cm³/mol. The Labute approximate surface area is 132 Å². The van der Waals surface area contributed by atoms with Crippen LogP contribution in [0.25, 0.3) is 0 Å². The first-order chi connectivity index (χ1) is 10.1. The highest BCUT2D eigenvalue weighted by Crippen LogP contribution is 2.24. The first-order valence-electron chi connectivity index (χ1n) is 8.09. The van der Waals surface area contributed by atoms with Crippen molar-refractivity contribution in [1.29, 1.82) is 0 Å². The smallest absolute Gasteiger partial charge is 0.189 e. The Balaban J connectivity index is 1.89. The average Bonchev–Trinajstić information content (AvgIpc) is 2.63. The van der Waals surface area contributed by atoms with E-state index in [0.29, 0.717) is 24.5 Å². The molecule has 4 nitrogen and oxygen atoms in total. The van der Waals surface area contributed by atoms with Crippen LogP contribution in [0.3, 0.4) is 0 Å². The molecular formula is C16H28N4S. The molecule has 1 fully saturated rings. The average molecular weight is 308 g/mol. The first-order valence-corrected chi connectivity index (χ1v) is 8.90. The van der Waals surface area contributed by atoms with Crippen molar-refractivity contribution in [2.45, 2.75) is 77.8 Å². The molecule has 1 heterocycles. The normalized spacial score (nSPS) is 18.0. The SMILES string of the molecule is Cc1sc(CN=C(N)NC2CCCCCC2)nc1C(C)C. The fraction of sp³-hybridized carbons (Fsp3) is 0.750. The number of rotatable bonds is 4. The lowest BCUT2D eigenvalue weighted by atomic mass is 10.1. The Morgan fingerprint density at radius 3 is 2.57 bits per heavy atom. The molecule has 118 valence electrons. The van der Waals surface area contributed by atoms with E-state index in [-0.39, 0.29) is 0 Å². The summed E-state index contributed by atoms with van der Waals surface area (Å²) in [4.78, 5) is 10.4. The van der Waals surface area contributed by atoms with Gasteiger partial charge >= 0.3 is 0 Å². The van der Waals surface area contributed by atoms with Crippen molar-refractivity contribution >= 4 is 17.3 Å². The summed E-state index contributed by atoms with van der Waals surface area (Å²) in [6.45, 7) is 7.07. The summed E-state index contributed by atoms with van der Waals surface area (Å²) in [6.07, 6.45) is 7.73. The van der Waals surface area contributed by atoms with Crippen molar-refractivity contribution in [1.82, 2.24) is 10.3 Å². The van der Waals surface area contributed by atoms with Crippen molar-refractivity contribution in [3.05, 3.63) is 15.6 Å². The molecule has 0 spiro atoms. The highest BCUT2D eigenvalue weighted by molar-refractivity contribution is 7.11. The first kappa shape index (κ1) is 16.3.